The number of hydrogen-bond donors (Lipinski definition) is 3. The second-order valence-electron chi connectivity index (χ2n) is 6.01. The third kappa shape index (κ3) is 5.52. The molecule has 0 fully saturated rings. The van der Waals surface area contributed by atoms with E-state index in [4.69, 9.17) is 0 Å². The van der Waals surface area contributed by atoms with Gasteiger partial charge in [-0.25, -0.2) is 9.37 Å². The molecule has 7 nitrogen and oxygen atoms in total. The van der Waals surface area contributed by atoms with Crippen LogP contribution in [0.2, 0.25) is 0 Å². The van der Waals surface area contributed by atoms with Gasteiger partial charge in [0.2, 0.25) is 5.91 Å². The molecule has 1 heterocycles. The summed E-state index contributed by atoms with van der Waals surface area (Å²) in [4.78, 5) is 43.3. The van der Waals surface area contributed by atoms with Crippen LogP contribution in [0.3, 0.4) is 0 Å². The minimum atomic E-state index is -0.602. The third-order valence-corrected chi connectivity index (χ3v) is 4.70. The van der Waals surface area contributed by atoms with Crippen molar-refractivity contribution in [1.29, 1.82) is 0 Å². The quantitative estimate of drug-likeness (QED) is 0.425. The van der Waals surface area contributed by atoms with Gasteiger partial charge in [0, 0.05) is 18.2 Å². The van der Waals surface area contributed by atoms with Crippen LogP contribution in [0.25, 0.3) is 0 Å². The Kier molecular flexibility index (Phi) is 6.40. The highest BCUT2D eigenvalue weighted by Crippen LogP contribution is 2.23. The summed E-state index contributed by atoms with van der Waals surface area (Å²) in [6.45, 7) is 1.27. The van der Waals surface area contributed by atoms with Crippen molar-refractivity contribution < 1.29 is 14.0 Å². The molecular formula is C20H17FN4O3S. The first kappa shape index (κ1) is 20.3. The fourth-order valence-electron chi connectivity index (χ4n) is 2.40. The Labute approximate surface area is 169 Å². The molecule has 0 saturated carbocycles. The minimum absolute atomic E-state index is 0.0489. The summed E-state index contributed by atoms with van der Waals surface area (Å²) in [5.74, 6) is -0.897. The number of hydrogen-bond acceptors (Lipinski definition) is 5. The van der Waals surface area contributed by atoms with Crippen LogP contribution >= 0.6 is 11.8 Å². The van der Waals surface area contributed by atoms with E-state index in [-0.39, 0.29) is 22.5 Å². The van der Waals surface area contributed by atoms with Crippen LogP contribution < -0.4 is 16.2 Å². The van der Waals surface area contributed by atoms with Crippen molar-refractivity contribution in [2.45, 2.75) is 17.8 Å². The van der Waals surface area contributed by atoms with Crippen molar-refractivity contribution in [1.82, 2.24) is 9.97 Å². The molecule has 0 aliphatic rings. The van der Waals surface area contributed by atoms with Crippen LogP contribution in [-0.2, 0) is 10.5 Å². The first-order valence-electron chi connectivity index (χ1n) is 8.58. The summed E-state index contributed by atoms with van der Waals surface area (Å²) >= 11 is 1.21. The number of amides is 2. The molecule has 0 spiro atoms. The predicted octanol–water partition coefficient (Wildman–Crippen LogP) is 3.41. The van der Waals surface area contributed by atoms with Crippen LogP contribution in [0.5, 0.6) is 0 Å². The lowest BCUT2D eigenvalue weighted by Gasteiger charge is -2.11. The second kappa shape index (κ2) is 9.16. The first-order valence-corrected chi connectivity index (χ1v) is 9.56. The normalized spacial score (nSPS) is 10.4. The molecule has 0 radical (unpaired) electrons. The smallest absolute Gasteiger partial charge is 0.277 e. The van der Waals surface area contributed by atoms with E-state index in [1.54, 1.807) is 42.5 Å². The van der Waals surface area contributed by atoms with Crippen molar-refractivity contribution in [2.24, 2.45) is 0 Å². The first-order chi connectivity index (χ1) is 13.9. The predicted molar refractivity (Wildman–Crippen MR) is 110 cm³/mol. The summed E-state index contributed by atoms with van der Waals surface area (Å²) < 4.78 is 13.0. The van der Waals surface area contributed by atoms with Gasteiger partial charge in [-0.1, -0.05) is 42.1 Å². The van der Waals surface area contributed by atoms with E-state index in [1.165, 1.54) is 30.8 Å². The van der Waals surface area contributed by atoms with E-state index in [9.17, 15) is 18.8 Å². The van der Waals surface area contributed by atoms with Crippen LogP contribution in [0.1, 0.15) is 22.8 Å². The van der Waals surface area contributed by atoms with Crippen molar-refractivity contribution >= 4 is 35.1 Å². The fourth-order valence-corrected chi connectivity index (χ4v) is 3.22. The van der Waals surface area contributed by atoms with Gasteiger partial charge in [0.25, 0.3) is 11.5 Å². The number of aromatic nitrogens is 2. The minimum Gasteiger partial charge on any atom is -0.314 e. The maximum absolute atomic E-state index is 13.0. The van der Waals surface area contributed by atoms with E-state index in [2.05, 4.69) is 20.6 Å². The number of nitrogens with zero attached hydrogens (tertiary/aromatic N) is 1. The second-order valence-corrected chi connectivity index (χ2v) is 6.98. The third-order valence-electron chi connectivity index (χ3n) is 3.76. The molecule has 0 aliphatic heterocycles. The summed E-state index contributed by atoms with van der Waals surface area (Å²) in [6.07, 6.45) is 0. The molecule has 2 aromatic carbocycles. The molecule has 148 valence electrons. The van der Waals surface area contributed by atoms with Gasteiger partial charge in [-0.15, -0.1) is 0 Å². The molecule has 3 aromatic rings. The number of benzene rings is 2. The average molecular weight is 412 g/mol. The van der Waals surface area contributed by atoms with Crippen LogP contribution in [-0.4, -0.2) is 21.8 Å². The summed E-state index contributed by atoms with van der Waals surface area (Å²) in [7, 11) is 0. The van der Waals surface area contributed by atoms with Crippen molar-refractivity contribution in [3.8, 4) is 0 Å². The highest BCUT2D eigenvalue weighted by Gasteiger charge is 2.17. The van der Waals surface area contributed by atoms with E-state index in [0.29, 0.717) is 11.3 Å². The van der Waals surface area contributed by atoms with Crippen LogP contribution in [0, 0.1) is 5.82 Å². The Morgan fingerprint density at radius 1 is 1.07 bits per heavy atom. The maximum Gasteiger partial charge on any atom is 0.277 e. The molecule has 9 heteroatoms. The zero-order valence-electron chi connectivity index (χ0n) is 15.4. The molecule has 29 heavy (non-hydrogen) atoms. The van der Waals surface area contributed by atoms with Gasteiger partial charge in [0.05, 0.1) is 0 Å². The van der Waals surface area contributed by atoms with E-state index in [0.717, 1.165) is 5.56 Å². The van der Waals surface area contributed by atoms with Crippen LogP contribution in [0.15, 0.2) is 64.5 Å². The average Bonchev–Trinajstić information content (AvgIpc) is 2.70. The lowest BCUT2D eigenvalue weighted by Crippen LogP contribution is -2.24. The molecule has 0 saturated heterocycles. The number of thioether (sulfide) groups is 1. The van der Waals surface area contributed by atoms with Gasteiger partial charge in [-0.3, -0.25) is 19.4 Å². The van der Waals surface area contributed by atoms with Crippen molar-refractivity contribution in [3.05, 3.63) is 81.9 Å². The Balaban J connectivity index is 1.84. The molecule has 0 unspecified atom stereocenters. The largest absolute Gasteiger partial charge is 0.314 e. The summed E-state index contributed by atoms with van der Waals surface area (Å²) in [5, 5.41) is 5.22. The number of rotatable bonds is 6. The lowest BCUT2D eigenvalue weighted by molar-refractivity contribution is -0.114. The number of carbonyl (C=O) groups excluding carboxylic acids is 2. The van der Waals surface area contributed by atoms with Gasteiger partial charge in [-0.05, 0) is 29.8 Å². The van der Waals surface area contributed by atoms with E-state index < -0.39 is 17.4 Å². The van der Waals surface area contributed by atoms with Crippen molar-refractivity contribution in [2.75, 3.05) is 10.6 Å². The van der Waals surface area contributed by atoms with Crippen LogP contribution in [0.4, 0.5) is 15.9 Å². The molecule has 0 bridgehead atoms. The number of H-pyrrole nitrogens is 1. The Bertz CT molecular complexity index is 1090. The fraction of sp³-hybridized carbons (Fsp3) is 0.100. The zero-order chi connectivity index (χ0) is 20.8. The molecule has 3 rings (SSSR count). The highest BCUT2D eigenvalue weighted by molar-refractivity contribution is 7.98. The Morgan fingerprint density at radius 2 is 1.76 bits per heavy atom. The number of aromatic amines is 1. The van der Waals surface area contributed by atoms with Gasteiger partial charge in [-0.2, -0.15) is 0 Å². The lowest BCUT2D eigenvalue weighted by atomic mass is 10.2. The monoisotopic (exact) mass is 412 g/mol. The molecule has 1 aromatic heterocycles. The number of anilines is 2. The SMILES string of the molecule is CC(=O)Nc1nc(SCc2ccc(F)cc2)[nH]c(=O)c1NC(=O)c1ccccc1. The Morgan fingerprint density at radius 3 is 2.41 bits per heavy atom. The molecule has 3 N–H and O–H groups in total. The maximum atomic E-state index is 13.0. The van der Waals surface area contributed by atoms with Gasteiger partial charge in [0.1, 0.15) is 5.82 Å². The highest BCUT2D eigenvalue weighted by atomic mass is 32.2. The molecule has 0 atom stereocenters. The van der Waals surface area contributed by atoms with Crippen molar-refractivity contribution in [3.63, 3.8) is 0 Å². The summed E-state index contributed by atoms with van der Waals surface area (Å²) in [6, 6.07) is 14.3. The number of halogens is 1. The Hall–Kier alpha value is -3.46. The molecule has 0 aliphatic carbocycles. The van der Waals surface area contributed by atoms with Gasteiger partial charge in [0.15, 0.2) is 16.7 Å². The number of carbonyl (C=O) groups is 2. The zero-order valence-corrected chi connectivity index (χ0v) is 16.2. The summed E-state index contributed by atoms with van der Waals surface area (Å²) in [5.41, 5.74) is 0.437. The number of nitrogens with one attached hydrogen (secondary N) is 3. The standard InChI is InChI=1S/C20H17FN4O3S/c1-12(26)22-17-16(23-18(27)14-5-3-2-4-6-14)19(28)25-20(24-17)29-11-13-7-9-15(21)10-8-13/h2-10H,11H2,1H3,(H,23,27)(H2,22,24,25,26,28). The van der Waals surface area contributed by atoms with E-state index >= 15 is 0 Å². The molecule has 2 amide bonds. The van der Waals surface area contributed by atoms with Gasteiger partial charge >= 0.3 is 0 Å². The van der Waals surface area contributed by atoms with E-state index in [1.807, 2.05) is 0 Å². The molecular weight excluding hydrogens is 395 g/mol. The van der Waals surface area contributed by atoms with Gasteiger partial charge < -0.3 is 10.6 Å². The topological polar surface area (TPSA) is 104 Å².